The zero-order chi connectivity index (χ0) is 7.56. The van der Waals surface area contributed by atoms with E-state index in [1.54, 1.807) is 0 Å². The van der Waals surface area contributed by atoms with Crippen molar-refractivity contribution >= 4 is 5.91 Å². The Kier molecular flexibility index (Phi) is 2.27. The van der Waals surface area contributed by atoms with Gasteiger partial charge in [0.15, 0.2) is 0 Å². The van der Waals surface area contributed by atoms with Gasteiger partial charge in [-0.25, -0.2) is 0 Å². The summed E-state index contributed by atoms with van der Waals surface area (Å²) in [6, 6.07) is 0.0197. The zero-order valence-corrected chi connectivity index (χ0v) is 6.05. The Morgan fingerprint density at radius 3 is 2.30 bits per heavy atom. The normalized spacial score (nSPS) is 33.7. The maximum atomic E-state index is 10.7. The van der Waals surface area contributed by atoms with Crippen molar-refractivity contribution in [1.82, 2.24) is 0 Å². The second-order valence-electron chi connectivity index (χ2n) is 2.96. The standard InChI is InChI=1S/C7H14N2O/c8-6-4-2-1-3-5(6)7(9)10/h5-6H,1-4,8H2,(H2,9,10)/t5-,6-/m1/s1. The van der Waals surface area contributed by atoms with Gasteiger partial charge in [0.05, 0.1) is 5.92 Å². The lowest BCUT2D eigenvalue weighted by Crippen LogP contribution is -2.41. The molecule has 3 heteroatoms. The first-order chi connectivity index (χ1) is 4.72. The average Bonchev–Trinajstić information content (AvgIpc) is 1.88. The maximum Gasteiger partial charge on any atom is 0.222 e. The number of primary amides is 1. The number of carbonyl (C=O) groups is 1. The van der Waals surface area contributed by atoms with Gasteiger partial charge in [-0.3, -0.25) is 4.79 Å². The first-order valence-corrected chi connectivity index (χ1v) is 3.76. The van der Waals surface area contributed by atoms with Crippen LogP contribution in [0.2, 0.25) is 0 Å². The Balaban J connectivity index is 2.47. The van der Waals surface area contributed by atoms with Crippen LogP contribution in [0.5, 0.6) is 0 Å². The van der Waals surface area contributed by atoms with Crippen molar-refractivity contribution < 1.29 is 4.79 Å². The van der Waals surface area contributed by atoms with E-state index in [-0.39, 0.29) is 17.9 Å². The van der Waals surface area contributed by atoms with E-state index in [0.29, 0.717) is 0 Å². The quantitative estimate of drug-likeness (QED) is 0.540. The highest BCUT2D eigenvalue weighted by molar-refractivity contribution is 5.77. The van der Waals surface area contributed by atoms with Crippen LogP contribution in [0, 0.1) is 5.92 Å². The van der Waals surface area contributed by atoms with Gasteiger partial charge in [-0.15, -0.1) is 0 Å². The van der Waals surface area contributed by atoms with E-state index in [4.69, 9.17) is 11.5 Å². The number of rotatable bonds is 1. The lowest BCUT2D eigenvalue weighted by atomic mass is 9.85. The summed E-state index contributed by atoms with van der Waals surface area (Å²) in [5.41, 5.74) is 10.8. The molecule has 3 nitrogen and oxygen atoms in total. The van der Waals surface area contributed by atoms with Crippen molar-refractivity contribution in [2.24, 2.45) is 17.4 Å². The topological polar surface area (TPSA) is 69.1 Å². The predicted octanol–water partition coefficient (Wildman–Crippen LogP) is -0.0108. The highest BCUT2D eigenvalue weighted by Crippen LogP contribution is 2.22. The molecule has 1 amide bonds. The van der Waals surface area contributed by atoms with Crippen LogP contribution in [0.1, 0.15) is 25.7 Å². The molecule has 1 aliphatic rings. The molecule has 4 N–H and O–H groups in total. The SMILES string of the molecule is NC(=O)[C@@H]1CCCC[C@H]1N. The van der Waals surface area contributed by atoms with Crippen molar-refractivity contribution in [2.45, 2.75) is 31.7 Å². The smallest absolute Gasteiger partial charge is 0.222 e. The monoisotopic (exact) mass is 142 g/mol. The Hall–Kier alpha value is -0.570. The molecule has 0 aromatic heterocycles. The fourth-order valence-corrected chi connectivity index (χ4v) is 1.51. The summed E-state index contributed by atoms with van der Waals surface area (Å²) in [5, 5.41) is 0. The minimum atomic E-state index is -0.229. The summed E-state index contributed by atoms with van der Waals surface area (Å²) in [6.45, 7) is 0. The van der Waals surface area contributed by atoms with Crippen LogP contribution in [0.15, 0.2) is 0 Å². The average molecular weight is 142 g/mol. The molecule has 10 heavy (non-hydrogen) atoms. The van der Waals surface area contributed by atoms with Crippen molar-refractivity contribution in [2.75, 3.05) is 0 Å². The maximum absolute atomic E-state index is 10.7. The molecule has 0 aromatic carbocycles. The minimum Gasteiger partial charge on any atom is -0.369 e. The highest BCUT2D eigenvalue weighted by atomic mass is 16.1. The van der Waals surface area contributed by atoms with Crippen LogP contribution in [-0.2, 0) is 4.79 Å². The van der Waals surface area contributed by atoms with Gasteiger partial charge >= 0.3 is 0 Å². The molecule has 1 saturated carbocycles. The second-order valence-corrected chi connectivity index (χ2v) is 2.96. The van der Waals surface area contributed by atoms with Gasteiger partial charge in [-0.05, 0) is 12.8 Å². The Morgan fingerprint density at radius 2 is 1.90 bits per heavy atom. The first kappa shape index (κ1) is 7.54. The van der Waals surface area contributed by atoms with E-state index in [9.17, 15) is 4.79 Å². The van der Waals surface area contributed by atoms with Crippen LogP contribution in [0.4, 0.5) is 0 Å². The van der Waals surface area contributed by atoms with Gasteiger partial charge in [-0.2, -0.15) is 0 Å². The zero-order valence-electron chi connectivity index (χ0n) is 6.05. The molecule has 0 saturated heterocycles. The van der Waals surface area contributed by atoms with E-state index >= 15 is 0 Å². The van der Waals surface area contributed by atoms with Gasteiger partial charge in [0.25, 0.3) is 0 Å². The molecule has 1 fully saturated rings. The molecule has 1 aliphatic carbocycles. The van der Waals surface area contributed by atoms with Crippen molar-refractivity contribution in [3.8, 4) is 0 Å². The Bertz CT molecular complexity index is 136. The van der Waals surface area contributed by atoms with E-state index in [2.05, 4.69) is 0 Å². The van der Waals surface area contributed by atoms with Gasteiger partial charge < -0.3 is 11.5 Å². The van der Waals surface area contributed by atoms with Crippen LogP contribution in [0.25, 0.3) is 0 Å². The second kappa shape index (κ2) is 3.01. The van der Waals surface area contributed by atoms with Crippen LogP contribution >= 0.6 is 0 Å². The molecule has 58 valence electrons. The first-order valence-electron chi connectivity index (χ1n) is 3.76. The lowest BCUT2D eigenvalue weighted by molar-refractivity contribution is -0.123. The summed E-state index contributed by atoms with van der Waals surface area (Å²) in [4.78, 5) is 10.7. The predicted molar refractivity (Wildman–Crippen MR) is 39.1 cm³/mol. The molecule has 1 rings (SSSR count). The van der Waals surface area contributed by atoms with Gasteiger partial charge in [0.2, 0.25) is 5.91 Å². The molecule has 0 aromatic rings. The fraction of sp³-hybridized carbons (Fsp3) is 0.857. The third-order valence-electron chi connectivity index (χ3n) is 2.18. The molecule has 0 heterocycles. The summed E-state index contributed by atoms with van der Waals surface area (Å²) in [6.07, 6.45) is 4.08. The summed E-state index contributed by atoms with van der Waals surface area (Å²) in [7, 11) is 0. The van der Waals surface area contributed by atoms with Crippen molar-refractivity contribution in [1.29, 1.82) is 0 Å². The molecule has 0 bridgehead atoms. The van der Waals surface area contributed by atoms with E-state index in [0.717, 1.165) is 25.7 Å². The number of hydrogen-bond donors (Lipinski definition) is 2. The molecular weight excluding hydrogens is 128 g/mol. The van der Waals surface area contributed by atoms with Crippen LogP contribution in [-0.4, -0.2) is 11.9 Å². The number of nitrogens with two attached hydrogens (primary N) is 2. The highest BCUT2D eigenvalue weighted by Gasteiger charge is 2.25. The molecular formula is C7H14N2O. The Morgan fingerprint density at radius 1 is 1.30 bits per heavy atom. The molecule has 0 aliphatic heterocycles. The lowest BCUT2D eigenvalue weighted by Gasteiger charge is -2.25. The minimum absolute atomic E-state index is 0.0197. The Labute approximate surface area is 60.8 Å². The van der Waals surface area contributed by atoms with Crippen LogP contribution in [0.3, 0.4) is 0 Å². The molecule has 0 radical (unpaired) electrons. The largest absolute Gasteiger partial charge is 0.369 e. The fourth-order valence-electron chi connectivity index (χ4n) is 1.51. The van der Waals surface area contributed by atoms with E-state index < -0.39 is 0 Å². The third-order valence-corrected chi connectivity index (χ3v) is 2.18. The van der Waals surface area contributed by atoms with Crippen LogP contribution < -0.4 is 11.5 Å². The van der Waals surface area contributed by atoms with Gasteiger partial charge in [0, 0.05) is 6.04 Å². The third kappa shape index (κ3) is 1.48. The van der Waals surface area contributed by atoms with Gasteiger partial charge in [0.1, 0.15) is 0 Å². The number of hydrogen-bond acceptors (Lipinski definition) is 2. The molecule has 0 spiro atoms. The van der Waals surface area contributed by atoms with E-state index in [1.165, 1.54) is 0 Å². The molecule has 2 atom stereocenters. The number of amides is 1. The summed E-state index contributed by atoms with van der Waals surface area (Å²) in [5.74, 6) is -0.291. The molecule has 0 unspecified atom stereocenters. The summed E-state index contributed by atoms with van der Waals surface area (Å²) >= 11 is 0. The van der Waals surface area contributed by atoms with Crippen molar-refractivity contribution in [3.63, 3.8) is 0 Å². The number of carbonyl (C=O) groups excluding carboxylic acids is 1. The van der Waals surface area contributed by atoms with E-state index in [1.807, 2.05) is 0 Å². The van der Waals surface area contributed by atoms with Gasteiger partial charge in [-0.1, -0.05) is 12.8 Å². The summed E-state index contributed by atoms with van der Waals surface area (Å²) < 4.78 is 0. The van der Waals surface area contributed by atoms with Crippen molar-refractivity contribution in [3.05, 3.63) is 0 Å².